The Bertz CT molecular complexity index is 662. The molecule has 5 nitrogen and oxygen atoms in total. The van der Waals surface area contributed by atoms with E-state index in [9.17, 15) is 0 Å². The summed E-state index contributed by atoms with van der Waals surface area (Å²) < 4.78 is 5.61. The van der Waals surface area contributed by atoms with E-state index in [1.807, 2.05) is 52.0 Å². The van der Waals surface area contributed by atoms with E-state index in [4.69, 9.17) is 10.5 Å². The van der Waals surface area contributed by atoms with Gasteiger partial charge >= 0.3 is 0 Å². The smallest absolute Gasteiger partial charge is 0.193 e. The van der Waals surface area contributed by atoms with Gasteiger partial charge in [-0.15, -0.1) is 11.3 Å². The third-order valence-electron chi connectivity index (χ3n) is 3.12. The number of anilines is 1. The number of nitrogens with one attached hydrogen (secondary N) is 1. The summed E-state index contributed by atoms with van der Waals surface area (Å²) in [7, 11) is 0. The number of aromatic nitrogens is 1. The van der Waals surface area contributed by atoms with Gasteiger partial charge < -0.3 is 15.8 Å². The van der Waals surface area contributed by atoms with Crippen LogP contribution in [0.3, 0.4) is 0 Å². The summed E-state index contributed by atoms with van der Waals surface area (Å²) in [5.41, 5.74) is 7.92. The van der Waals surface area contributed by atoms with Gasteiger partial charge in [0.05, 0.1) is 16.8 Å². The molecule has 2 rings (SSSR count). The van der Waals surface area contributed by atoms with Crippen LogP contribution >= 0.6 is 11.3 Å². The fourth-order valence-corrected chi connectivity index (χ4v) is 3.09. The van der Waals surface area contributed by atoms with Gasteiger partial charge in [-0.3, -0.25) is 4.99 Å². The van der Waals surface area contributed by atoms with E-state index in [-0.39, 0.29) is 6.10 Å². The molecule has 3 N–H and O–H groups in total. The zero-order valence-corrected chi connectivity index (χ0v) is 14.9. The number of hydrogen-bond donors (Lipinski definition) is 2. The summed E-state index contributed by atoms with van der Waals surface area (Å²) in [6.45, 7) is 8.71. The van der Waals surface area contributed by atoms with Crippen molar-refractivity contribution in [2.24, 2.45) is 10.7 Å². The molecule has 1 aromatic carbocycles. The van der Waals surface area contributed by atoms with Crippen molar-refractivity contribution in [3.05, 3.63) is 39.8 Å². The standard InChI is InChI=1S/C17H24N4OS/c1-11(2)22-15-7-5-14(6-8-15)21-17(18)19-10-9-16-12(3)20-13(4)23-16/h5-8,11H,9-10H2,1-4H3,(H3,18,19,21). The molecule has 2 aromatic rings. The zero-order valence-electron chi connectivity index (χ0n) is 14.1. The molecular weight excluding hydrogens is 308 g/mol. The van der Waals surface area contributed by atoms with E-state index in [1.165, 1.54) is 4.88 Å². The highest BCUT2D eigenvalue weighted by molar-refractivity contribution is 7.11. The second-order valence-electron chi connectivity index (χ2n) is 5.57. The van der Waals surface area contributed by atoms with Crippen molar-refractivity contribution in [3.63, 3.8) is 0 Å². The molecule has 0 saturated carbocycles. The highest BCUT2D eigenvalue weighted by Gasteiger charge is 2.04. The first-order chi connectivity index (χ1) is 10.9. The van der Waals surface area contributed by atoms with Gasteiger partial charge in [-0.25, -0.2) is 4.98 Å². The molecule has 124 valence electrons. The van der Waals surface area contributed by atoms with E-state index >= 15 is 0 Å². The summed E-state index contributed by atoms with van der Waals surface area (Å²) >= 11 is 1.72. The maximum Gasteiger partial charge on any atom is 0.193 e. The fourth-order valence-electron chi connectivity index (χ4n) is 2.16. The Morgan fingerprint density at radius 2 is 2.00 bits per heavy atom. The van der Waals surface area contributed by atoms with Crippen molar-refractivity contribution in [2.45, 2.75) is 40.2 Å². The molecule has 0 amide bonds. The number of guanidine groups is 1. The maximum absolute atomic E-state index is 5.93. The molecule has 0 aliphatic heterocycles. The Hall–Kier alpha value is -2.08. The molecule has 0 aliphatic rings. The molecule has 1 aromatic heterocycles. The van der Waals surface area contributed by atoms with E-state index < -0.39 is 0 Å². The molecule has 0 radical (unpaired) electrons. The Morgan fingerprint density at radius 3 is 2.57 bits per heavy atom. The maximum atomic E-state index is 5.93. The second-order valence-corrected chi connectivity index (χ2v) is 6.86. The number of nitrogens with zero attached hydrogens (tertiary/aromatic N) is 2. The summed E-state index contributed by atoms with van der Waals surface area (Å²) in [4.78, 5) is 10.1. The summed E-state index contributed by atoms with van der Waals surface area (Å²) in [6.07, 6.45) is 1.03. The normalized spacial score (nSPS) is 11.8. The molecule has 0 saturated heterocycles. The highest BCUT2D eigenvalue weighted by atomic mass is 32.1. The molecule has 0 spiro atoms. The quantitative estimate of drug-likeness (QED) is 0.627. The number of aliphatic imine (C=N–C) groups is 1. The molecule has 0 fully saturated rings. The minimum Gasteiger partial charge on any atom is -0.491 e. The number of benzene rings is 1. The van der Waals surface area contributed by atoms with Crippen molar-refractivity contribution in [1.29, 1.82) is 0 Å². The zero-order chi connectivity index (χ0) is 16.8. The lowest BCUT2D eigenvalue weighted by atomic mass is 10.3. The highest BCUT2D eigenvalue weighted by Crippen LogP contribution is 2.18. The van der Waals surface area contributed by atoms with Gasteiger partial charge in [0.2, 0.25) is 0 Å². The first kappa shape index (κ1) is 17.3. The molecule has 0 atom stereocenters. The summed E-state index contributed by atoms with van der Waals surface area (Å²) in [5.74, 6) is 1.26. The third kappa shape index (κ3) is 5.56. The molecular formula is C17H24N4OS. The number of rotatable bonds is 6. The molecule has 0 aliphatic carbocycles. The monoisotopic (exact) mass is 332 g/mol. The number of ether oxygens (including phenoxy) is 1. The van der Waals surface area contributed by atoms with Crippen LogP contribution in [0.15, 0.2) is 29.3 Å². The number of thiazole rings is 1. The van der Waals surface area contributed by atoms with Crippen molar-refractivity contribution in [1.82, 2.24) is 4.98 Å². The Labute approximate surface area is 141 Å². The minimum atomic E-state index is 0.166. The first-order valence-corrected chi connectivity index (χ1v) is 8.52. The van der Waals surface area contributed by atoms with Gasteiger partial charge in [0.1, 0.15) is 5.75 Å². The number of aryl methyl sites for hydroxylation is 2. The molecule has 6 heteroatoms. The minimum absolute atomic E-state index is 0.166. The number of nitrogens with two attached hydrogens (primary N) is 1. The molecule has 0 bridgehead atoms. The third-order valence-corrected chi connectivity index (χ3v) is 4.25. The van der Waals surface area contributed by atoms with Gasteiger partial charge in [-0.1, -0.05) is 0 Å². The van der Waals surface area contributed by atoms with Crippen LogP contribution in [0.4, 0.5) is 5.69 Å². The van der Waals surface area contributed by atoms with Gasteiger partial charge in [-0.2, -0.15) is 0 Å². The van der Waals surface area contributed by atoms with Crippen molar-refractivity contribution in [3.8, 4) is 5.75 Å². The predicted molar refractivity (Wildman–Crippen MR) is 97.6 cm³/mol. The SMILES string of the molecule is Cc1nc(C)c(CCN=C(N)Nc2ccc(OC(C)C)cc2)s1. The van der Waals surface area contributed by atoms with Gasteiger partial charge in [0, 0.05) is 23.5 Å². The van der Waals surface area contributed by atoms with Gasteiger partial charge in [0.25, 0.3) is 0 Å². The van der Waals surface area contributed by atoms with Gasteiger partial charge in [0.15, 0.2) is 5.96 Å². The Balaban J connectivity index is 1.85. The number of hydrogen-bond acceptors (Lipinski definition) is 4. The van der Waals surface area contributed by atoms with Crippen LogP contribution in [0.2, 0.25) is 0 Å². The van der Waals surface area contributed by atoms with Crippen LogP contribution in [0, 0.1) is 13.8 Å². The summed E-state index contributed by atoms with van der Waals surface area (Å²) in [5, 5.41) is 4.18. The lowest BCUT2D eigenvalue weighted by Crippen LogP contribution is -2.23. The van der Waals surface area contributed by atoms with E-state index in [2.05, 4.69) is 15.3 Å². The van der Waals surface area contributed by atoms with Crippen LogP contribution in [0.5, 0.6) is 5.75 Å². The molecule has 0 unspecified atom stereocenters. The molecule has 23 heavy (non-hydrogen) atoms. The average Bonchev–Trinajstić information content (AvgIpc) is 2.79. The van der Waals surface area contributed by atoms with E-state index in [0.717, 1.165) is 28.6 Å². The van der Waals surface area contributed by atoms with E-state index in [0.29, 0.717) is 12.5 Å². The van der Waals surface area contributed by atoms with Crippen molar-refractivity contribution in [2.75, 3.05) is 11.9 Å². The fraction of sp³-hybridized carbons (Fsp3) is 0.412. The topological polar surface area (TPSA) is 72.5 Å². The summed E-state index contributed by atoms with van der Waals surface area (Å²) in [6, 6.07) is 7.69. The van der Waals surface area contributed by atoms with Crippen molar-refractivity contribution >= 4 is 23.0 Å². The van der Waals surface area contributed by atoms with E-state index in [1.54, 1.807) is 11.3 Å². The van der Waals surface area contributed by atoms with Crippen LogP contribution < -0.4 is 15.8 Å². The first-order valence-electron chi connectivity index (χ1n) is 7.70. The average molecular weight is 332 g/mol. The van der Waals surface area contributed by atoms with Crippen molar-refractivity contribution < 1.29 is 4.74 Å². The van der Waals surface area contributed by atoms with Gasteiger partial charge in [-0.05, 0) is 52.0 Å². The lowest BCUT2D eigenvalue weighted by Gasteiger charge is -2.10. The second kappa shape index (κ2) is 7.97. The van der Waals surface area contributed by atoms with Crippen LogP contribution in [0.25, 0.3) is 0 Å². The van der Waals surface area contributed by atoms with Crippen LogP contribution in [-0.4, -0.2) is 23.6 Å². The molecule has 1 heterocycles. The largest absolute Gasteiger partial charge is 0.491 e. The Kier molecular flexibility index (Phi) is 5.98. The lowest BCUT2D eigenvalue weighted by molar-refractivity contribution is 0.242. The Morgan fingerprint density at radius 1 is 1.30 bits per heavy atom. The van der Waals surface area contributed by atoms with Crippen LogP contribution in [0.1, 0.15) is 29.4 Å². The van der Waals surface area contributed by atoms with Crippen LogP contribution in [-0.2, 0) is 6.42 Å². The predicted octanol–water partition coefficient (Wildman–Crippen LogP) is 3.52.